The third-order valence-corrected chi connectivity index (χ3v) is 6.10. The first-order chi connectivity index (χ1) is 15.3. The maximum absolute atomic E-state index is 5.72. The molecule has 0 aliphatic heterocycles. The van der Waals surface area contributed by atoms with E-state index in [1.54, 1.807) is 22.7 Å². The SMILES string of the molecule is [B](Oc1ccc(COCc2cccs2)cc1)Oc1ccc(COCc2cccs2)cc1. The molecule has 31 heavy (non-hydrogen) atoms. The van der Waals surface area contributed by atoms with Gasteiger partial charge in [0.25, 0.3) is 0 Å². The van der Waals surface area contributed by atoms with Crippen LogP contribution in [0.5, 0.6) is 11.5 Å². The van der Waals surface area contributed by atoms with Gasteiger partial charge in [-0.1, -0.05) is 36.4 Å². The van der Waals surface area contributed by atoms with Gasteiger partial charge >= 0.3 is 7.69 Å². The molecule has 0 N–H and O–H groups in total. The Morgan fingerprint density at radius 1 is 0.548 bits per heavy atom. The normalized spacial score (nSPS) is 10.7. The predicted molar refractivity (Wildman–Crippen MR) is 126 cm³/mol. The van der Waals surface area contributed by atoms with Crippen molar-refractivity contribution < 1.29 is 18.8 Å². The van der Waals surface area contributed by atoms with Gasteiger partial charge in [0.1, 0.15) is 11.5 Å². The number of rotatable bonds is 12. The first-order valence-electron chi connectivity index (χ1n) is 9.88. The van der Waals surface area contributed by atoms with Crippen molar-refractivity contribution in [2.45, 2.75) is 26.4 Å². The third kappa shape index (κ3) is 7.26. The van der Waals surface area contributed by atoms with Crippen LogP contribution in [0.2, 0.25) is 0 Å². The van der Waals surface area contributed by atoms with Gasteiger partial charge in [0.2, 0.25) is 0 Å². The molecule has 2 aromatic heterocycles. The van der Waals surface area contributed by atoms with Crippen LogP contribution in [0.4, 0.5) is 0 Å². The molecule has 0 spiro atoms. The highest BCUT2D eigenvalue weighted by Gasteiger charge is 2.04. The molecule has 4 nitrogen and oxygen atoms in total. The Morgan fingerprint density at radius 3 is 1.39 bits per heavy atom. The van der Waals surface area contributed by atoms with Crippen molar-refractivity contribution in [3.05, 3.63) is 104 Å². The third-order valence-electron chi connectivity index (χ3n) is 4.40. The molecule has 0 bridgehead atoms. The van der Waals surface area contributed by atoms with E-state index < -0.39 is 0 Å². The summed E-state index contributed by atoms with van der Waals surface area (Å²) < 4.78 is 22.6. The summed E-state index contributed by atoms with van der Waals surface area (Å²) in [5, 5.41) is 4.11. The van der Waals surface area contributed by atoms with Gasteiger partial charge in [0.05, 0.1) is 26.4 Å². The van der Waals surface area contributed by atoms with Gasteiger partial charge in [0.15, 0.2) is 0 Å². The zero-order chi connectivity index (χ0) is 21.1. The average Bonchev–Trinajstić information content (AvgIpc) is 3.51. The van der Waals surface area contributed by atoms with Crippen LogP contribution < -0.4 is 9.31 Å². The second-order valence-corrected chi connectivity index (χ2v) is 8.83. The topological polar surface area (TPSA) is 36.9 Å². The minimum atomic E-state index is 0.571. The van der Waals surface area contributed by atoms with Crippen LogP contribution in [0.3, 0.4) is 0 Å². The lowest BCUT2D eigenvalue weighted by molar-refractivity contribution is 0.109. The summed E-state index contributed by atoms with van der Waals surface area (Å²) in [4.78, 5) is 2.45. The average molecular weight is 449 g/mol. The Balaban J connectivity index is 1.13. The Labute approximate surface area is 191 Å². The lowest BCUT2D eigenvalue weighted by atomic mass is 10.2. The van der Waals surface area contributed by atoms with Crippen molar-refractivity contribution in [1.82, 2.24) is 0 Å². The maximum atomic E-state index is 5.72. The van der Waals surface area contributed by atoms with Crippen LogP contribution in [0.15, 0.2) is 83.6 Å². The lowest BCUT2D eigenvalue weighted by Gasteiger charge is -2.09. The number of benzene rings is 2. The molecule has 0 fully saturated rings. The van der Waals surface area contributed by atoms with Gasteiger partial charge < -0.3 is 18.8 Å². The molecule has 4 rings (SSSR count). The summed E-state index contributed by atoms with van der Waals surface area (Å²) in [5.41, 5.74) is 2.20. The highest BCUT2D eigenvalue weighted by atomic mass is 32.1. The molecule has 0 atom stereocenters. The van der Waals surface area contributed by atoms with Crippen molar-refractivity contribution in [2.75, 3.05) is 0 Å². The van der Waals surface area contributed by atoms with Gasteiger partial charge in [-0.3, -0.25) is 0 Å². The molecule has 0 unspecified atom stereocenters. The fourth-order valence-electron chi connectivity index (χ4n) is 2.79. The minimum Gasteiger partial charge on any atom is -0.526 e. The fraction of sp³-hybridized carbons (Fsp3) is 0.167. The number of hydrogen-bond acceptors (Lipinski definition) is 6. The summed E-state index contributed by atoms with van der Waals surface area (Å²) in [6.45, 7) is 2.41. The first-order valence-corrected chi connectivity index (χ1v) is 11.6. The van der Waals surface area contributed by atoms with E-state index in [9.17, 15) is 0 Å². The summed E-state index contributed by atoms with van der Waals surface area (Å²) in [7, 11) is 1.34. The van der Waals surface area contributed by atoms with E-state index in [1.165, 1.54) is 17.4 Å². The number of thiophene rings is 2. The van der Waals surface area contributed by atoms with E-state index in [4.69, 9.17) is 18.8 Å². The first kappa shape index (κ1) is 21.6. The zero-order valence-corrected chi connectivity index (χ0v) is 18.6. The molecule has 4 aromatic rings. The second-order valence-electron chi connectivity index (χ2n) is 6.76. The van der Waals surface area contributed by atoms with E-state index in [2.05, 4.69) is 22.9 Å². The quantitative estimate of drug-likeness (QED) is 0.240. The van der Waals surface area contributed by atoms with Crippen molar-refractivity contribution in [1.29, 1.82) is 0 Å². The van der Waals surface area contributed by atoms with Crippen LogP contribution in [0.25, 0.3) is 0 Å². The van der Waals surface area contributed by atoms with E-state index in [0.717, 1.165) is 11.1 Å². The monoisotopic (exact) mass is 449 g/mol. The largest absolute Gasteiger partial charge is 0.658 e. The second kappa shape index (κ2) is 11.7. The van der Waals surface area contributed by atoms with Crippen LogP contribution in [0.1, 0.15) is 20.9 Å². The van der Waals surface area contributed by atoms with E-state index >= 15 is 0 Å². The van der Waals surface area contributed by atoms with Crippen LogP contribution in [-0.4, -0.2) is 7.69 Å². The number of hydrogen-bond donors (Lipinski definition) is 0. The Bertz CT molecular complexity index is 917. The molecule has 0 saturated heterocycles. The molecule has 0 amide bonds. The van der Waals surface area contributed by atoms with Crippen LogP contribution in [-0.2, 0) is 35.9 Å². The summed E-state index contributed by atoms with van der Waals surface area (Å²) in [6, 6.07) is 23.8. The molecule has 157 valence electrons. The smallest absolute Gasteiger partial charge is 0.526 e. The Morgan fingerprint density at radius 2 is 1.00 bits per heavy atom. The van der Waals surface area contributed by atoms with Crippen molar-refractivity contribution in [3.8, 4) is 11.5 Å². The van der Waals surface area contributed by atoms with Crippen molar-refractivity contribution in [3.63, 3.8) is 0 Å². The van der Waals surface area contributed by atoms with Crippen molar-refractivity contribution in [2.24, 2.45) is 0 Å². The maximum Gasteiger partial charge on any atom is 0.658 e. The van der Waals surface area contributed by atoms with Gasteiger partial charge in [-0.25, -0.2) is 0 Å². The molecule has 0 saturated carbocycles. The van der Waals surface area contributed by atoms with E-state index in [-0.39, 0.29) is 0 Å². The van der Waals surface area contributed by atoms with E-state index in [1.807, 2.05) is 60.7 Å². The molecule has 2 aromatic carbocycles. The van der Waals surface area contributed by atoms with Crippen molar-refractivity contribution >= 4 is 30.4 Å². The molecular weight excluding hydrogens is 427 g/mol. The lowest BCUT2D eigenvalue weighted by Crippen LogP contribution is -2.10. The molecule has 1 radical (unpaired) electrons. The fourth-order valence-corrected chi connectivity index (χ4v) is 4.07. The Hall–Kier alpha value is -2.58. The van der Waals surface area contributed by atoms with Gasteiger partial charge in [-0.2, -0.15) is 0 Å². The van der Waals surface area contributed by atoms with Gasteiger partial charge in [0, 0.05) is 9.75 Å². The van der Waals surface area contributed by atoms with E-state index in [0.29, 0.717) is 37.9 Å². The van der Waals surface area contributed by atoms with Gasteiger partial charge in [-0.05, 0) is 58.3 Å². The summed E-state index contributed by atoms with van der Waals surface area (Å²) in [6.07, 6.45) is 0. The molecule has 0 aliphatic rings. The summed E-state index contributed by atoms with van der Waals surface area (Å²) >= 11 is 3.40. The highest BCUT2D eigenvalue weighted by Crippen LogP contribution is 2.17. The zero-order valence-electron chi connectivity index (χ0n) is 16.9. The van der Waals surface area contributed by atoms with Crippen LogP contribution >= 0.6 is 22.7 Å². The minimum absolute atomic E-state index is 0.571. The molecule has 0 aliphatic carbocycles. The number of ether oxygens (including phenoxy) is 2. The molecule has 2 heterocycles. The van der Waals surface area contributed by atoms with Crippen LogP contribution in [0, 0.1) is 0 Å². The summed E-state index contributed by atoms with van der Waals surface area (Å²) in [5.74, 6) is 1.42. The van der Waals surface area contributed by atoms with Gasteiger partial charge in [-0.15, -0.1) is 22.7 Å². The molecular formula is C24H22BO4S2. The Kier molecular flexibility index (Phi) is 8.18. The molecule has 7 heteroatoms. The standard InChI is InChI=1S/C24H22BO4S2/c1-3-23(30-13-1)17-26-15-19-5-9-21(10-6-19)28-25-29-22-11-7-20(8-12-22)16-27-18-24-4-2-14-31-24/h1-14H,15-18H2. The predicted octanol–water partition coefficient (Wildman–Crippen LogP) is 6.24. The highest BCUT2D eigenvalue weighted by molar-refractivity contribution is 7.10.